The maximum atomic E-state index is 13.6. The number of anilines is 2. The Hall–Kier alpha value is -3.43. The van der Waals surface area contributed by atoms with Gasteiger partial charge >= 0.3 is 5.92 Å². The van der Waals surface area contributed by atoms with E-state index < -0.39 is 29.8 Å². The van der Waals surface area contributed by atoms with Crippen molar-refractivity contribution in [1.29, 1.82) is 5.41 Å². The molecule has 0 bridgehead atoms. The molecule has 4 rings (SSSR count). The van der Waals surface area contributed by atoms with Crippen molar-refractivity contribution >= 4 is 29.4 Å². The number of amides is 2. The van der Waals surface area contributed by atoms with Crippen LogP contribution in [0.25, 0.3) is 0 Å². The van der Waals surface area contributed by atoms with Crippen LogP contribution >= 0.6 is 0 Å². The molecule has 0 aromatic heterocycles. The highest BCUT2D eigenvalue weighted by atomic mass is 19.3. The third kappa shape index (κ3) is 5.52. The van der Waals surface area contributed by atoms with E-state index in [-0.39, 0.29) is 31.2 Å². The minimum Gasteiger partial charge on any atom is -0.382 e. The molecule has 1 aliphatic heterocycles. The number of hydrogen-bond donors (Lipinski definition) is 3. The van der Waals surface area contributed by atoms with Gasteiger partial charge in [0.15, 0.2) is 0 Å². The van der Waals surface area contributed by atoms with Crippen molar-refractivity contribution in [3.8, 4) is 0 Å². The summed E-state index contributed by atoms with van der Waals surface area (Å²) in [6.45, 7) is 0.504. The Morgan fingerprint density at radius 2 is 1.81 bits per heavy atom. The summed E-state index contributed by atoms with van der Waals surface area (Å²) in [6, 6.07) is 12.0. The molecule has 2 aromatic rings. The summed E-state index contributed by atoms with van der Waals surface area (Å²) in [5, 5.41) is 13.4. The molecule has 192 valence electrons. The third-order valence-electron chi connectivity index (χ3n) is 6.72. The highest BCUT2D eigenvalue weighted by molar-refractivity contribution is 6.00. The highest BCUT2D eigenvalue weighted by Crippen LogP contribution is 2.39. The Bertz CT molecular complexity index is 1130. The minimum atomic E-state index is -3.60. The minimum absolute atomic E-state index is 0.157. The lowest BCUT2D eigenvalue weighted by molar-refractivity contribution is -0.143. The second-order valence-corrected chi connectivity index (χ2v) is 9.48. The molecule has 0 spiro atoms. The lowest BCUT2D eigenvalue weighted by atomic mass is 9.92. The standard InChI is InChI=1S/C26H28F4N4O2/c1-25(27,28)24(36)33-21-14-22(35)34(23(21)16-5-3-2-4-6-16)19-7-8-20(17(13-19)15-31)32-18-9-11-26(29,30)12-10-18/h2-8,13,15,18,21,23,31-32H,9-12,14H2,1H3,(H,33,36)/t21-,23?/m0/s1. The van der Waals surface area contributed by atoms with E-state index >= 15 is 0 Å². The zero-order valence-corrected chi connectivity index (χ0v) is 19.7. The van der Waals surface area contributed by atoms with E-state index in [1.807, 2.05) is 0 Å². The molecule has 2 amide bonds. The molecule has 2 aromatic carbocycles. The van der Waals surface area contributed by atoms with Crippen LogP contribution in [0.2, 0.25) is 0 Å². The second kappa shape index (κ2) is 9.91. The second-order valence-electron chi connectivity index (χ2n) is 9.48. The molecule has 1 saturated carbocycles. The lowest BCUT2D eigenvalue weighted by Crippen LogP contribution is -2.46. The Labute approximate surface area is 206 Å². The van der Waals surface area contributed by atoms with Crippen LogP contribution in [0.3, 0.4) is 0 Å². The van der Waals surface area contributed by atoms with Crippen LogP contribution in [-0.2, 0) is 9.59 Å². The fraction of sp³-hybridized carbons (Fsp3) is 0.423. The first-order valence-electron chi connectivity index (χ1n) is 11.8. The Balaban J connectivity index is 1.62. The Morgan fingerprint density at radius 1 is 1.14 bits per heavy atom. The molecule has 36 heavy (non-hydrogen) atoms. The molecule has 1 aliphatic carbocycles. The first-order valence-corrected chi connectivity index (χ1v) is 11.8. The third-order valence-corrected chi connectivity index (χ3v) is 6.72. The van der Waals surface area contributed by atoms with Crippen molar-refractivity contribution in [3.05, 3.63) is 59.7 Å². The summed E-state index contributed by atoms with van der Waals surface area (Å²) in [6.07, 6.45) is 1.14. The van der Waals surface area contributed by atoms with Crippen molar-refractivity contribution in [2.45, 2.75) is 69.0 Å². The smallest absolute Gasteiger partial charge is 0.321 e. The van der Waals surface area contributed by atoms with Gasteiger partial charge in [0.05, 0.1) is 12.1 Å². The first-order chi connectivity index (χ1) is 17.0. The molecule has 1 unspecified atom stereocenters. The first kappa shape index (κ1) is 25.7. The number of nitrogens with zero attached hydrogens (tertiary/aromatic N) is 1. The SMILES string of the molecule is CC(F)(F)C(=O)N[C@H]1CC(=O)N(c2ccc(NC3CCC(F)(F)CC3)c(C=N)c2)C1c1ccccc1. The predicted octanol–water partition coefficient (Wildman–Crippen LogP) is 5.29. The topological polar surface area (TPSA) is 85.3 Å². The summed E-state index contributed by atoms with van der Waals surface area (Å²) in [7, 11) is 0. The van der Waals surface area contributed by atoms with Gasteiger partial charge in [0.1, 0.15) is 0 Å². The Morgan fingerprint density at radius 3 is 2.42 bits per heavy atom. The summed E-state index contributed by atoms with van der Waals surface area (Å²) in [5.41, 5.74) is 2.14. The maximum absolute atomic E-state index is 13.6. The number of benzene rings is 2. The number of nitrogens with one attached hydrogen (secondary N) is 3. The number of carbonyl (C=O) groups is 2. The highest BCUT2D eigenvalue weighted by Gasteiger charge is 2.45. The van der Waals surface area contributed by atoms with Crippen molar-refractivity contribution < 1.29 is 27.2 Å². The predicted molar refractivity (Wildman–Crippen MR) is 129 cm³/mol. The molecular weight excluding hydrogens is 476 g/mol. The van der Waals surface area contributed by atoms with E-state index in [4.69, 9.17) is 5.41 Å². The van der Waals surface area contributed by atoms with Gasteiger partial charge in [-0.1, -0.05) is 30.3 Å². The molecule has 1 saturated heterocycles. The van der Waals surface area contributed by atoms with Gasteiger partial charge in [-0.15, -0.1) is 0 Å². The van der Waals surface area contributed by atoms with Crippen LogP contribution in [0.4, 0.5) is 28.9 Å². The van der Waals surface area contributed by atoms with Crippen molar-refractivity contribution in [3.63, 3.8) is 0 Å². The van der Waals surface area contributed by atoms with E-state index in [2.05, 4.69) is 10.6 Å². The molecular formula is C26H28F4N4O2. The van der Waals surface area contributed by atoms with Crippen LogP contribution in [-0.4, -0.2) is 42.0 Å². The van der Waals surface area contributed by atoms with Crippen LogP contribution in [0.15, 0.2) is 48.5 Å². The summed E-state index contributed by atoms with van der Waals surface area (Å²) < 4.78 is 54.2. The van der Waals surface area contributed by atoms with Crippen LogP contribution in [0.5, 0.6) is 0 Å². The molecule has 2 aliphatic rings. The average Bonchev–Trinajstić information content (AvgIpc) is 3.16. The number of halogens is 4. The largest absolute Gasteiger partial charge is 0.382 e. The van der Waals surface area contributed by atoms with Crippen LogP contribution in [0, 0.1) is 5.41 Å². The molecule has 2 fully saturated rings. The van der Waals surface area contributed by atoms with Crippen molar-refractivity contribution in [1.82, 2.24) is 5.32 Å². The zero-order valence-electron chi connectivity index (χ0n) is 19.7. The average molecular weight is 505 g/mol. The van der Waals surface area contributed by atoms with Gasteiger partial charge in [0.25, 0.3) is 5.91 Å². The maximum Gasteiger partial charge on any atom is 0.321 e. The summed E-state index contributed by atoms with van der Waals surface area (Å²) in [5.74, 6) is -8.06. The van der Waals surface area contributed by atoms with Gasteiger partial charge in [-0.2, -0.15) is 8.78 Å². The molecule has 0 radical (unpaired) electrons. The Kier molecular flexibility index (Phi) is 7.06. The van der Waals surface area contributed by atoms with Gasteiger partial charge in [-0.05, 0) is 36.6 Å². The van der Waals surface area contributed by atoms with E-state index in [9.17, 15) is 27.2 Å². The van der Waals surface area contributed by atoms with Gasteiger partial charge in [0.2, 0.25) is 11.8 Å². The molecule has 10 heteroatoms. The van der Waals surface area contributed by atoms with Gasteiger partial charge in [0, 0.05) is 55.4 Å². The van der Waals surface area contributed by atoms with E-state index in [0.29, 0.717) is 42.3 Å². The number of alkyl halides is 4. The number of rotatable bonds is 7. The zero-order chi connectivity index (χ0) is 26.1. The molecule has 2 atom stereocenters. The van der Waals surface area contributed by atoms with E-state index in [0.717, 1.165) is 6.21 Å². The van der Waals surface area contributed by atoms with Gasteiger partial charge < -0.3 is 20.9 Å². The van der Waals surface area contributed by atoms with Gasteiger partial charge in [-0.3, -0.25) is 9.59 Å². The summed E-state index contributed by atoms with van der Waals surface area (Å²) in [4.78, 5) is 26.6. The molecule has 1 heterocycles. The number of hydrogen-bond acceptors (Lipinski definition) is 4. The van der Waals surface area contributed by atoms with Gasteiger partial charge in [-0.25, -0.2) is 8.78 Å². The van der Waals surface area contributed by atoms with Crippen LogP contribution < -0.4 is 15.5 Å². The van der Waals surface area contributed by atoms with Crippen molar-refractivity contribution in [2.75, 3.05) is 10.2 Å². The number of carbonyl (C=O) groups excluding carboxylic acids is 2. The summed E-state index contributed by atoms with van der Waals surface area (Å²) >= 11 is 0. The van der Waals surface area contributed by atoms with E-state index in [1.54, 1.807) is 48.5 Å². The van der Waals surface area contributed by atoms with E-state index in [1.165, 1.54) is 4.90 Å². The lowest BCUT2D eigenvalue weighted by Gasteiger charge is -2.31. The van der Waals surface area contributed by atoms with Crippen molar-refractivity contribution in [2.24, 2.45) is 0 Å². The fourth-order valence-electron chi connectivity index (χ4n) is 4.85. The monoisotopic (exact) mass is 504 g/mol. The quantitative estimate of drug-likeness (QED) is 0.354. The molecule has 6 nitrogen and oxygen atoms in total. The fourth-order valence-corrected chi connectivity index (χ4v) is 4.85. The van der Waals surface area contributed by atoms with Crippen LogP contribution in [0.1, 0.15) is 56.2 Å². The normalized spacial score (nSPS) is 22.4. The molecule has 3 N–H and O–H groups in total.